The fourth-order valence-corrected chi connectivity index (χ4v) is 1.60. The summed E-state index contributed by atoms with van der Waals surface area (Å²) in [7, 11) is 0. The molecule has 0 saturated carbocycles. The molecule has 0 aliphatic heterocycles. The summed E-state index contributed by atoms with van der Waals surface area (Å²) in [5.74, 6) is 0.739. The number of carbonyl (C=O) groups is 1. The van der Waals surface area contributed by atoms with E-state index in [0.717, 1.165) is 30.5 Å². The number of aryl methyl sites for hydroxylation is 1. The molecule has 1 N–H and O–H groups in total. The van der Waals surface area contributed by atoms with E-state index in [-0.39, 0.29) is 5.91 Å². The Kier molecular flexibility index (Phi) is 5.03. The van der Waals surface area contributed by atoms with Crippen LogP contribution in [0, 0.1) is 12.8 Å². The van der Waals surface area contributed by atoms with Crippen LogP contribution in [-0.2, 0) is 0 Å². The first-order valence-corrected chi connectivity index (χ1v) is 5.94. The van der Waals surface area contributed by atoms with E-state index in [1.54, 1.807) is 0 Å². The monoisotopic (exact) mass is 219 g/mol. The van der Waals surface area contributed by atoms with Gasteiger partial charge >= 0.3 is 0 Å². The Bertz CT molecular complexity index is 344. The van der Waals surface area contributed by atoms with Crippen LogP contribution in [0.15, 0.2) is 24.3 Å². The van der Waals surface area contributed by atoms with E-state index in [1.165, 1.54) is 0 Å². The van der Waals surface area contributed by atoms with Crippen molar-refractivity contribution in [3.05, 3.63) is 35.4 Å². The van der Waals surface area contributed by atoms with E-state index in [4.69, 9.17) is 0 Å². The molecule has 88 valence electrons. The first-order chi connectivity index (χ1) is 7.59. The van der Waals surface area contributed by atoms with Crippen LogP contribution >= 0.6 is 0 Å². The Morgan fingerprint density at radius 3 is 2.75 bits per heavy atom. The van der Waals surface area contributed by atoms with Crippen LogP contribution in [0.4, 0.5) is 0 Å². The lowest BCUT2D eigenvalue weighted by Gasteiger charge is -2.07. The second-order valence-electron chi connectivity index (χ2n) is 4.66. The Morgan fingerprint density at radius 2 is 2.12 bits per heavy atom. The molecule has 0 saturated heterocycles. The second-order valence-corrected chi connectivity index (χ2v) is 4.66. The predicted octanol–water partition coefficient (Wildman–Crippen LogP) is 3.16. The van der Waals surface area contributed by atoms with Gasteiger partial charge in [-0.05, 0) is 37.8 Å². The highest BCUT2D eigenvalue weighted by atomic mass is 16.1. The van der Waals surface area contributed by atoms with Crippen molar-refractivity contribution in [2.24, 2.45) is 5.92 Å². The molecule has 1 aromatic rings. The summed E-state index contributed by atoms with van der Waals surface area (Å²) < 4.78 is 0. The standard InChI is InChI=1S/C14H21NO/c1-11(2)6-5-9-15-14(16)13-8-4-7-12(3)10-13/h4,7-8,10-11H,5-6,9H2,1-3H3,(H,15,16). The van der Waals surface area contributed by atoms with Gasteiger partial charge in [-0.1, -0.05) is 31.5 Å². The smallest absolute Gasteiger partial charge is 0.251 e. The minimum atomic E-state index is 0.0347. The number of amides is 1. The number of hydrogen-bond acceptors (Lipinski definition) is 1. The summed E-state index contributed by atoms with van der Waals surface area (Å²) in [4.78, 5) is 11.7. The number of rotatable bonds is 5. The molecule has 1 rings (SSSR count). The van der Waals surface area contributed by atoms with Gasteiger partial charge in [0, 0.05) is 12.1 Å². The van der Waals surface area contributed by atoms with Crippen molar-refractivity contribution in [3.63, 3.8) is 0 Å². The summed E-state index contributed by atoms with van der Waals surface area (Å²) in [5, 5.41) is 2.94. The highest BCUT2D eigenvalue weighted by Gasteiger charge is 2.04. The first-order valence-electron chi connectivity index (χ1n) is 5.94. The van der Waals surface area contributed by atoms with Crippen LogP contribution in [-0.4, -0.2) is 12.5 Å². The third-order valence-corrected chi connectivity index (χ3v) is 2.52. The van der Waals surface area contributed by atoms with Gasteiger partial charge in [0.25, 0.3) is 5.91 Å². The number of nitrogens with one attached hydrogen (secondary N) is 1. The Morgan fingerprint density at radius 1 is 1.38 bits per heavy atom. The van der Waals surface area contributed by atoms with Gasteiger partial charge in [0.2, 0.25) is 0 Å². The molecular weight excluding hydrogens is 198 g/mol. The van der Waals surface area contributed by atoms with E-state index in [0.29, 0.717) is 5.92 Å². The van der Waals surface area contributed by atoms with Crippen molar-refractivity contribution in [2.45, 2.75) is 33.6 Å². The Labute approximate surface area is 98.1 Å². The number of carbonyl (C=O) groups excluding carboxylic acids is 1. The maximum Gasteiger partial charge on any atom is 0.251 e. The molecule has 1 amide bonds. The van der Waals surface area contributed by atoms with Crippen LogP contribution in [0.5, 0.6) is 0 Å². The van der Waals surface area contributed by atoms with Crippen molar-refractivity contribution >= 4 is 5.91 Å². The summed E-state index contributed by atoms with van der Waals surface area (Å²) in [6.07, 6.45) is 2.21. The molecule has 0 atom stereocenters. The van der Waals surface area contributed by atoms with Crippen molar-refractivity contribution in [1.82, 2.24) is 5.32 Å². The summed E-state index contributed by atoms with van der Waals surface area (Å²) in [5.41, 5.74) is 1.87. The van der Waals surface area contributed by atoms with Crippen molar-refractivity contribution < 1.29 is 4.79 Å². The van der Waals surface area contributed by atoms with Crippen molar-refractivity contribution in [2.75, 3.05) is 6.54 Å². The van der Waals surface area contributed by atoms with Gasteiger partial charge in [-0.25, -0.2) is 0 Å². The topological polar surface area (TPSA) is 29.1 Å². The summed E-state index contributed by atoms with van der Waals surface area (Å²) in [6, 6.07) is 7.68. The molecule has 0 aliphatic carbocycles. The lowest BCUT2D eigenvalue weighted by molar-refractivity contribution is 0.0952. The van der Waals surface area contributed by atoms with E-state index >= 15 is 0 Å². The molecule has 2 nitrogen and oxygen atoms in total. The van der Waals surface area contributed by atoms with Gasteiger partial charge in [0.1, 0.15) is 0 Å². The quantitative estimate of drug-likeness (QED) is 0.757. The largest absolute Gasteiger partial charge is 0.352 e. The van der Waals surface area contributed by atoms with E-state index in [2.05, 4.69) is 19.2 Å². The van der Waals surface area contributed by atoms with Crippen LogP contribution < -0.4 is 5.32 Å². The van der Waals surface area contributed by atoms with Gasteiger partial charge in [-0.3, -0.25) is 4.79 Å². The minimum Gasteiger partial charge on any atom is -0.352 e. The molecule has 0 aromatic heterocycles. The van der Waals surface area contributed by atoms with Gasteiger partial charge in [0.15, 0.2) is 0 Å². The fourth-order valence-electron chi connectivity index (χ4n) is 1.60. The van der Waals surface area contributed by atoms with Gasteiger partial charge in [-0.15, -0.1) is 0 Å². The zero-order valence-electron chi connectivity index (χ0n) is 10.4. The molecule has 0 radical (unpaired) electrons. The van der Waals surface area contributed by atoms with E-state index in [9.17, 15) is 4.79 Å². The van der Waals surface area contributed by atoms with E-state index in [1.807, 2.05) is 31.2 Å². The van der Waals surface area contributed by atoms with Gasteiger partial charge in [0.05, 0.1) is 0 Å². The number of benzene rings is 1. The van der Waals surface area contributed by atoms with Crippen molar-refractivity contribution in [1.29, 1.82) is 0 Å². The molecule has 16 heavy (non-hydrogen) atoms. The van der Waals surface area contributed by atoms with Crippen LogP contribution in [0.2, 0.25) is 0 Å². The SMILES string of the molecule is Cc1cccc(C(=O)NCCCC(C)C)c1. The lowest BCUT2D eigenvalue weighted by Crippen LogP contribution is -2.24. The zero-order valence-corrected chi connectivity index (χ0v) is 10.4. The average molecular weight is 219 g/mol. The van der Waals surface area contributed by atoms with Crippen molar-refractivity contribution in [3.8, 4) is 0 Å². The first kappa shape index (κ1) is 12.8. The van der Waals surface area contributed by atoms with Crippen LogP contribution in [0.3, 0.4) is 0 Å². The lowest BCUT2D eigenvalue weighted by atomic mass is 10.1. The molecule has 1 aromatic carbocycles. The molecule has 0 unspecified atom stereocenters. The molecular formula is C14H21NO. The molecule has 0 heterocycles. The fraction of sp³-hybridized carbons (Fsp3) is 0.500. The van der Waals surface area contributed by atoms with E-state index < -0.39 is 0 Å². The molecule has 0 spiro atoms. The average Bonchev–Trinajstić information content (AvgIpc) is 2.24. The minimum absolute atomic E-state index is 0.0347. The molecule has 0 aliphatic rings. The highest BCUT2D eigenvalue weighted by molar-refractivity contribution is 5.94. The highest BCUT2D eigenvalue weighted by Crippen LogP contribution is 2.05. The Balaban J connectivity index is 2.35. The van der Waals surface area contributed by atoms with Gasteiger partial charge < -0.3 is 5.32 Å². The normalized spacial score (nSPS) is 10.5. The summed E-state index contributed by atoms with van der Waals surface area (Å²) >= 11 is 0. The Hall–Kier alpha value is -1.31. The number of hydrogen-bond donors (Lipinski definition) is 1. The third-order valence-electron chi connectivity index (χ3n) is 2.52. The molecule has 2 heteroatoms. The van der Waals surface area contributed by atoms with Crippen LogP contribution in [0.25, 0.3) is 0 Å². The maximum absolute atomic E-state index is 11.7. The second kappa shape index (κ2) is 6.31. The maximum atomic E-state index is 11.7. The predicted molar refractivity (Wildman–Crippen MR) is 67.6 cm³/mol. The third kappa shape index (κ3) is 4.47. The molecule has 0 bridgehead atoms. The van der Waals surface area contributed by atoms with Crippen LogP contribution in [0.1, 0.15) is 42.6 Å². The van der Waals surface area contributed by atoms with Gasteiger partial charge in [-0.2, -0.15) is 0 Å². The molecule has 0 fully saturated rings. The summed E-state index contributed by atoms with van der Waals surface area (Å²) in [6.45, 7) is 7.16. The zero-order chi connectivity index (χ0) is 12.0.